The van der Waals surface area contributed by atoms with Gasteiger partial charge in [0.2, 0.25) is 0 Å². The Kier molecular flexibility index (Phi) is 8.98. The summed E-state index contributed by atoms with van der Waals surface area (Å²) in [6.07, 6.45) is 13.1. The van der Waals surface area contributed by atoms with Crippen molar-refractivity contribution in [3.8, 4) is 0 Å². The number of allylic oxidation sites excluding steroid dienone is 1. The fourth-order valence-corrected chi connectivity index (χ4v) is 3.99. The minimum atomic E-state index is -0.0459. The van der Waals surface area contributed by atoms with Crippen LogP contribution in [-0.4, -0.2) is 30.2 Å². The molecule has 4 nitrogen and oxygen atoms in total. The van der Waals surface area contributed by atoms with Crippen molar-refractivity contribution < 1.29 is 9.47 Å². The summed E-state index contributed by atoms with van der Waals surface area (Å²) in [4.78, 5) is 9.62. The molecular formula is C29H32N2O2. The summed E-state index contributed by atoms with van der Waals surface area (Å²) in [5.41, 5.74) is 4.37. The molecule has 3 aromatic rings. The van der Waals surface area contributed by atoms with E-state index < -0.39 is 0 Å². The maximum absolute atomic E-state index is 5.81. The Morgan fingerprint density at radius 2 is 1.73 bits per heavy atom. The lowest BCUT2D eigenvalue weighted by atomic mass is 9.99. The van der Waals surface area contributed by atoms with E-state index in [1.165, 1.54) is 6.42 Å². The average Bonchev–Trinajstić information content (AvgIpc) is 2.90. The highest BCUT2D eigenvalue weighted by Crippen LogP contribution is 2.25. The maximum atomic E-state index is 5.81. The van der Waals surface area contributed by atoms with Crippen LogP contribution in [0.5, 0.6) is 0 Å². The zero-order valence-electron chi connectivity index (χ0n) is 19.1. The van der Waals surface area contributed by atoms with Crippen molar-refractivity contribution in [1.29, 1.82) is 0 Å². The number of nitrogens with zero attached hydrogens (tertiary/aromatic N) is 2. The van der Waals surface area contributed by atoms with E-state index in [9.17, 15) is 0 Å². The van der Waals surface area contributed by atoms with Gasteiger partial charge in [0.05, 0.1) is 18.4 Å². The van der Waals surface area contributed by atoms with Crippen LogP contribution in [0.15, 0.2) is 102 Å². The fourth-order valence-electron chi connectivity index (χ4n) is 3.99. The molecule has 33 heavy (non-hydrogen) atoms. The molecule has 0 saturated carbocycles. The third-order valence-corrected chi connectivity index (χ3v) is 5.74. The standard InChI is InChI=1S/C29H32N2O2/c1-4-13-24(14-5-1)29(25-15-6-2-7-16-25)31-27(26-17-12-20-30-23-26)18-8-3-10-21-32-28-19-9-11-22-33-28/h1-7,10,12-17,20,23,27-28H,8-9,11,18-19,21-22H2/b10-3-. The van der Waals surface area contributed by atoms with Gasteiger partial charge in [0.15, 0.2) is 6.29 Å². The van der Waals surface area contributed by atoms with Crippen LogP contribution in [0.2, 0.25) is 0 Å². The van der Waals surface area contributed by atoms with Crippen molar-refractivity contribution in [2.45, 2.75) is 44.4 Å². The second-order valence-corrected chi connectivity index (χ2v) is 8.19. The van der Waals surface area contributed by atoms with Crippen LogP contribution >= 0.6 is 0 Å². The van der Waals surface area contributed by atoms with Gasteiger partial charge in [-0.05, 0) is 43.7 Å². The Balaban J connectivity index is 1.48. The lowest BCUT2D eigenvalue weighted by Gasteiger charge is -2.21. The van der Waals surface area contributed by atoms with Crippen LogP contribution in [0.1, 0.15) is 54.8 Å². The van der Waals surface area contributed by atoms with Crippen LogP contribution in [-0.2, 0) is 9.47 Å². The van der Waals surface area contributed by atoms with Gasteiger partial charge in [-0.25, -0.2) is 0 Å². The van der Waals surface area contributed by atoms with E-state index in [2.05, 4.69) is 71.7 Å². The smallest absolute Gasteiger partial charge is 0.157 e. The fraction of sp³-hybridized carbons (Fsp3) is 0.310. The Labute approximate surface area is 197 Å². The summed E-state index contributed by atoms with van der Waals surface area (Å²) in [6.45, 7) is 1.40. The zero-order valence-corrected chi connectivity index (χ0v) is 19.1. The lowest BCUT2D eigenvalue weighted by molar-refractivity contribution is -0.155. The van der Waals surface area contributed by atoms with Gasteiger partial charge in [0.1, 0.15) is 0 Å². The van der Waals surface area contributed by atoms with E-state index in [0.29, 0.717) is 6.61 Å². The zero-order chi connectivity index (χ0) is 22.6. The number of aliphatic imine (C=N–C) groups is 1. The number of hydrogen-bond acceptors (Lipinski definition) is 4. The number of rotatable bonds is 10. The Morgan fingerprint density at radius 1 is 0.970 bits per heavy atom. The van der Waals surface area contributed by atoms with Gasteiger partial charge in [0.25, 0.3) is 0 Å². The van der Waals surface area contributed by atoms with Crippen molar-refractivity contribution in [3.63, 3.8) is 0 Å². The van der Waals surface area contributed by atoms with Crippen LogP contribution in [0.25, 0.3) is 0 Å². The Morgan fingerprint density at radius 3 is 2.36 bits per heavy atom. The number of pyridine rings is 1. The highest BCUT2D eigenvalue weighted by molar-refractivity contribution is 6.13. The van der Waals surface area contributed by atoms with Crippen LogP contribution in [0.4, 0.5) is 0 Å². The Hall–Kier alpha value is -3.08. The summed E-state index contributed by atoms with van der Waals surface area (Å²) in [5, 5.41) is 0. The van der Waals surface area contributed by atoms with E-state index in [4.69, 9.17) is 14.5 Å². The van der Waals surface area contributed by atoms with Crippen molar-refractivity contribution in [2.24, 2.45) is 4.99 Å². The second kappa shape index (κ2) is 12.8. The monoisotopic (exact) mass is 440 g/mol. The molecule has 2 aromatic carbocycles. The number of benzene rings is 2. The van der Waals surface area contributed by atoms with Gasteiger partial charge >= 0.3 is 0 Å². The van der Waals surface area contributed by atoms with Crippen LogP contribution in [0.3, 0.4) is 0 Å². The van der Waals surface area contributed by atoms with E-state index >= 15 is 0 Å². The minimum absolute atomic E-state index is 0.0151. The van der Waals surface area contributed by atoms with E-state index in [-0.39, 0.29) is 12.3 Å². The molecule has 1 saturated heterocycles. The first-order valence-electron chi connectivity index (χ1n) is 11.9. The summed E-state index contributed by atoms with van der Waals surface area (Å²) >= 11 is 0. The first-order valence-corrected chi connectivity index (χ1v) is 11.9. The summed E-state index contributed by atoms with van der Waals surface area (Å²) in [6, 6.07) is 24.9. The molecule has 4 heteroatoms. The molecule has 2 atom stereocenters. The predicted molar refractivity (Wildman–Crippen MR) is 133 cm³/mol. The van der Waals surface area contributed by atoms with Gasteiger partial charge < -0.3 is 9.47 Å². The number of hydrogen-bond donors (Lipinski definition) is 0. The molecule has 1 aliphatic rings. The third kappa shape index (κ3) is 7.21. The quantitative estimate of drug-likeness (QED) is 0.266. The van der Waals surface area contributed by atoms with Gasteiger partial charge in [-0.15, -0.1) is 0 Å². The first kappa shape index (κ1) is 23.1. The molecule has 0 aliphatic carbocycles. The molecule has 0 radical (unpaired) electrons. The number of aromatic nitrogens is 1. The molecule has 1 aromatic heterocycles. The Bertz CT molecular complexity index is 956. The predicted octanol–water partition coefficient (Wildman–Crippen LogP) is 6.54. The number of ether oxygens (including phenoxy) is 2. The molecule has 4 rings (SSSR count). The third-order valence-electron chi connectivity index (χ3n) is 5.74. The molecule has 0 N–H and O–H groups in total. The summed E-state index contributed by atoms with van der Waals surface area (Å²) in [5.74, 6) is 0. The highest BCUT2D eigenvalue weighted by atomic mass is 16.7. The SMILES string of the molecule is C(=C/COC1CCCCO1)/CCC(N=C(c1ccccc1)c1ccccc1)c1cccnc1. The van der Waals surface area contributed by atoms with Crippen molar-refractivity contribution in [2.75, 3.05) is 13.2 Å². The van der Waals surface area contributed by atoms with E-state index in [0.717, 1.165) is 54.7 Å². The van der Waals surface area contributed by atoms with Gasteiger partial charge in [-0.1, -0.05) is 78.9 Å². The summed E-state index contributed by atoms with van der Waals surface area (Å²) < 4.78 is 11.4. The first-order chi connectivity index (χ1) is 16.4. The largest absolute Gasteiger partial charge is 0.353 e. The van der Waals surface area contributed by atoms with Crippen LogP contribution < -0.4 is 0 Å². The van der Waals surface area contributed by atoms with Crippen molar-refractivity contribution in [1.82, 2.24) is 4.98 Å². The minimum Gasteiger partial charge on any atom is -0.353 e. The molecule has 1 aliphatic heterocycles. The summed E-state index contributed by atoms with van der Waals surface area (Å²) in [7, 11) is 0. The normalized spacial score (nSPS) is 17.0. The topological polar surface area (TPSA) is 43.7 Å². The lowest BCUT2D eigenvalue weighted by Crippen LogP contribution is -2.22. The molecule has 0 spiro atoms. The molecule has 1 fully saturated rings. The van der Waals surface area contributed by atoms with Gasteiger partial charge in [-0.2, -0.15) is 0 Å². The van der Waals surface area contributed by atoms with Crippen molar-refractivity contribution >= 4 is 5.71 Å². The molecular weight excluding hydrogens is 408 g/mol. The average molecular weight is 441 g/mol. The second-order valence-electron chi connectivity index (χ2n) is 8.19. The molecule has 170 valence electrons. The highest BCUT2D eigenvalue weighted by Gasteiger charge is 2.15. The maximum Gasteiger partial charge on any atom is 0.157 e. The van der Waals surface area contributed by atoms with Gasteiger partial charge in [0, 0.05) is 30.1 Å². The van der Waals surface area contributed by atoms with Crippen LogP contribution in [0, 0.1) is 0 Å². The molecule has 0 bridgehead atoms. The van der Waals surface area contributed by atoms with Crippen molar-refractivity contribution in [3.05, 3.63) is 114 Å². The van der Waals surface area contributed by atoms with E-state index in [1.807, 2.05) is 30.6 Å². The molecule has 0 amide bonds. The van der Waals surface area contributed by atoms with E-state index in [1.54, 1.807) is 0 Å². The van der Waals surface area contributed by atoms with Gasteiger partial charge in [-0.3, -0.25) is 9.98 Å². The molecule has 2 heterocycles. The molecule has 2 unspecified atom stereocenters.